The molecule has 0 bridgehead atoms. The second kappa shape index (κ2) is 9.12. The van der Waals surface area contributed by atoms with Gasteiger partial charge in [0, 0.05) is 37.7 Å². The van der Waals surface area contributed by atoms with Crippen LogP contribution in [-0.2, 0) is 11.4 Å². The lowest BCUT2D eigenvalue weighted by Gasteiger charge is -2.36. The minimum Gasteiger partial charge on any atom is -0.489 e. The molecule has 0 radical (unpaired) electrons. The van der Waals surface area contributed by atoms with Crippen LogP contribution in [0.1, 0.15) is 41.6 Å². The average Bonchev–Trinajstić information content (AvgIpc) is 3.33. The molecule has 0 atom stereocenters. The fraction of sp³-hybridized carbons (Fsp3) is 0.417. The molecule has 5 heteroatoms. The van der Waals surface area contributed by atoms with Gasteiger partial charge < -0.3 is 14.5 Å². The monoisotopic (exact) mass is 392 g/mol. The van der Waals surface area contributed by atoms with Crippen LogP contribution in [0, 0.1) is 5.92 Å². The number of benzene rings is 2. The predicted octanol–water partition coefficient (Wildman–Crippen LogP) is 3.74. The van der Waals surface area contributed by atoms with Gasteiger partial charge in [-0.1, -0.05) is 43.2 Å². The van der Waals surface area contributed by atoms with Gasteiger partial charge in [0.15, 0.2) is 0 Å². The predicted molar refractivity (Wildman–Crippen MR) is 112 cm³/mol. The molecule has 2 aromatic rings. The van der Waals surface area contributed by atoms with Gasteiger partial charge in [0.25, 0.3) is 5.91 Å². The van der Waals surface area contributed by atoms with E-state index in [1.807, 2.05) is 64.4 Å². The number of carbonyl (C=O) groups is 2. The summed E-state index contributed by atoms with van der Waals surface area (Å²) in [5.74, 6) is 1.37. The van der Waals surface area contributed by atoms with Gasteiger partial charge in [-0.3, -0.25) is 9.59 Å². The highest BCUT2D eigenvalue weighted by atomic mass is 16.5. The topological polar surface area (TPSA) is 49.9 Å². The molecule has 152 valence electrons. The molecule has 2 fully saturated rings. The third-order valence-electron chi connectivity index (χ3n) is 5.93. The Balaban J connectivity index is 1.28. The van der Waals surface area contributed by atoms with Gasteiger partial charge in [0.05, 0.1) is 0 Å². The Labute approximate surface area is 172 Å². The Kier molecular flexibility index (Phi) is 6.13. The van der Waals surface area contributed by atoms with E-state index in [9.17, 15) is 9.59 Å². The van der Waals surface area contributed by atoms with E-state index in [0.717, 1.165) is 24.2 Å². The van der Waals surface area contributed by atoms with Crippen molar-refractivity contribution in [2.45, 2.75) is 32.3 Å². The summed E-state index contributed by atoms with van der Waals surface area (Å²) in [6.45, 7) is 2.97. The van der Waals surface area contributed by atoms with Gasteiger partial charge in [-0.05, 0) is 42.7 Å². The van der Waals surface area contributed by atoms with Crippen LogP contribution in [0.25, 0.3) is 0 Å². The molecule has 1 saturated carbocycles. The third-order valence-corrected chi connectivity index (χ3v) is 5.93. The number of rotatable bonds is 5. The Morgan fingerprint density at radius 3 is 2.10 bits per heavy atom. The number of nitrogens with zero attached hydrogens (tertiary/aromatic N) is 2. The first-order valence-electron chi connectivity index (χ1n) is 10.6. The van der Waals surface area contributed by atoms with E-state index >= 15 is 0 Å². The summed E-state index contributed by atoms with van der Waals surface area (Å²) in [5, 5.41) is 0. The Hall–Kier alpha value is -2.82. The van der Waals surface area contributed by atoms with Crippen LogP contribution >= 0.6 is 0 Å². The van der Waals surface area contributed by atoms with Gasteiger partial charge in [0.2, 0.25) is 5.91 Å². The Morgan fingerprint density at radius 1 is 0.828 bits per heavy atom. The van der Waals surface area contributed by atoms with Crippen molar-refractivity contribution < 1.29 is 14.3 Å². The highest BCUT2D eigenvalue weighted by molar-refractivity contribution is 5.94. The molecule has 5 nitrogen and oxygen atoms in total. The van der Waals surface area contributed by atoms with Crippen LogP contribution in [0.4, 0.5) is 0 Å². The SMILES string of the molecule is O=C(c1ccc(COc2ccccc2)cc1)N1CCN(C(=O)C2CCCC2)CC1. The van der Waals surface area contributed by atoms with Gasteiger partial charge in [0.1, 0.15) is 12.4 Å². The number of para-hydroxylation sites is 1. The highest BCUT2D eigenvalue weighted by Gasteiger charge is 2.30. The second-order valence-electron chi connectivity index (χ2n) is 7.90. The van der Waals surface area contributed by atoms with Crippen molar-refractivity contribution in [3.05, 3.63) is 65.7 Å². The van der Waals surface area contributed by atoms with Gasteiger partial charge in [-0.25, -0.2) is 0 Å². The van der Waals surface area contributed by atoms with E-state index < -0.39 is 0 Å². The number of ether oxygens (including phenoxy) is 1. The smallest absolute Gasteiger partial charge is 0.253 e. The minimum absolute atomic E-state index is 0.0356. The Bertz CT molecular complexity index is 821. The maximum atomic E-state index is 12.8. The maximum absolute atomic E-state index is 12.8. The van der Waals surface area contributed by atoms with Crippen molar-refractivity contribution in [1.82, 2.24) is 9.80 Å². The van der Waals surface area contributed by atoms with Crippen LogP contribution in [0.2, 0.25) is 0 Å². The molecule has 0 N–H and O–H groups in total. The quantitative estimate of drug-likeness (QED) is 0.779. The lowest BCUT2D eigenvalue weighted by atomic mass is 10.1. The van der Waals surface area contributed by atoms with Gasteiger partial charge in [-0.2, -0.15) is 0 Å². The van der Waals surface area contributed by atoms with Gasteiger partial charge in [-0.15, -0.1) is 0 Å². The zero-order valence-electron chi connectivity index (χ0n) is 16.8. The lowest BCUT2D eigenvalue weighted by Crippen LogP contribution is -2.51. The minimum atomic E-state index is 0.0356. The van der Waals surface area contributed by atoms with Crippen molar-refractivity contribution >= 4 is 11.8 Å². The molecule has 2 amide bonds. The molecule has 1 saturated heterocycles. The zero-order valence-corrected chi connectivity index (χ0v) is 16.8. The second-order valence-corrected chi connectivity index (χ2v) is 7.90. The first kappa shape index (κ1) is 19.5. The lowest BCUT2D eigenvalue weighted by molar-refractivity contribution is -0.136. The van der Waals surface area contributed by atoms with Crippen molar-refractivity contribution in [3.63, 3.8) is 0 Å². The van der Waals surface area contributed by atoms with Gasteiger partial charge >= 0.3 is 0 Å². The molecule has 29 heavy (non-hydrogen) atoms. The fourth-order valence-electron chi connectivity index (χ4n) is 4.17. The first-order chi connectivity index (χ1) is 14.2. The van der Waals surface area contributed by atoms with E-state index in [2.05, 4.69) is 0 Å². The third kappa shape index (κ3) is 4.78. The van der Waals surface area contributed by atoms with Crippen LogP contribution in [0.5, 0.6) is 5.75 Å². The fourth-order valence-corrected chi connectivity index (χ4v) is 4.17. The summed E-state index contributed by atoms with van der Waals surface area (Å²) in [6, 6.07) is 17.3. The number of hydrogen-bond acceptors (Lipinski definition) is 3. The van der Waals surface area contributed by atoms with E-state index in [4.69, 9.17) is 4.74 Å². The summed E-state index contributed by atoms with van der Waals surface area (Å²) < 4.78 is 5.75. The largest absolute Gasteiger partial charge is 0.489 e. The molecule has 1 aliphatic carbocycles. The molecule has 2 aromatic carbocycles. The molecule has 1 heterocycles. The highest BCUT2D eigenvalue weighted by Crippen LogP contribution is 2.27. The molecule has 1 aliphatic heterocycles. The molecule has 0 unspecified atom stereocenters. The van der Waals surface area contributed by atoms with Crippen molar-refractivity contribution in [2.75, 3.05) is 26.2 Å². The van der Waals surface area contributed by atoms with Crippen molar-refractivity contribution in [3.8, 4) is 5.75 Å². The van der Waals surface area contributed by atoms with Crippen LogP contribution in [-0.4, -0.2) is 47.8 Å². The molecular weight excluding hydrogens is 364 g/mol. The Morgan fingerprint density at radius 2 is 1.45 bits per heavy atom. The molecular formula is C24H28N2O3. The number of piperazine rings is 1. The summed E-state index contributed by atoms with van der Waals surface area (Å²) in [6.07, 6.45) is 4.39. The summed E-state index contributed by atoms with van der Waals surface area (Å²) in [5.41, 5.74) is 1.71. The normalized spacial score (nSPS) is 17.4. The van der Waals surface area contributed by atoms with E-state index in [1.54, 1.807) is 0 Å². The summed E-state index contributed by atoms with van der Waals surface area (Å²) in [7, 11) is 0. The summed E-state index contributed by atoms with van der Waals surface area (Å²) in [4.78, 5) is 29.2. The van der Waals surface area contributed by atoms with E-state index in [0.29, 0.717) is 38.3 Å². The molecule has 0 spiro atoms. The number of hydrogen-bond donors (Lipinski definition) is 0. The average molecular weight is 392 g/mol. The maximum Gasteiger partial charge on any atom is 0.253 e. The van der Waals surface area contributed by atoms with E-state index in [1.165, 1.54) is 12.8 Å². The first-order valence-corrected chi connectivity index (χ1v) is 10.6. The molecule has 2 aliphatic rings. The number of amides is 2. The standard InChI is InChI=1S/C24H28N2O3/c27-23(20-6-4-5-7-20)25-14-16-26(17-15-25)24(28)21-12-10-19(11-13-21)18-29-22-8-2-1-3-9-22/h1-3,8-13,20H,4-7,14-18H2. The van der Waals surface area contributed by atoms with Crippen molar-refractivity contribution in [2.24, 2.45) is 5.92 Å². The molecule has 4 rings (SSSR count). The zero-order chi connectivity index (χ0) is 20.1. The molecule has 0 aromatic heterocycles. The van der Waals surface area contributed by atoms with Crippen LogP contribution < -0.4 is 4.74 Å². The van der Waals surface area contributed by atoms with Crippen LogP contribution in [0.15, 0.2) is 54.6 Å². The summed E-state index contributed by atoms with van der Waals surface area (Å²) >= 11 is 0. The number of carbonyl (C=O) groups excluding carboxylic acids is 2. The van der Waals surface area contributed by atoms with E-state index in [-0.39, 0.29) is 17.7 Å². The van der Waals surface area contributed by atoms with Crippen LogP contribution in [0.3, 0.4) is 0 Å². The van der Waals surface area contributed by atoms with Crippen molar-refractivity contribution in [1.29, 1.82) is 0 Å².